The van der Waals surface area contributed by atoms with Crippen LogP contribution in [-0.2, 0) is 16.7 Å². The Kier molecular flexibility index (Phi) is 3.14. The Morgan fingerprint density at radius 1 is 1.26 bits per heavy atom. The van der Waals surface area contributed by atoms with E-state index in [9.17, 15) is 0 Å². The van der Waals surface area contributed by atoms with E-state index in [0.29, 0.717) is 0 Å². The van der Waals surface area contributed by atoms with Gasteiger partial charge in [0.25, 0.3) is 0 Å². The quantitative estimate of drug-likeness (QED) is 0.828. The lowest BCUT2D eigenvalue weighted by Gasteiger charge is -2.47. The minimum absolute atomic E-state index is 0.0647. The van der Waals surface area contributed by atoms with Crippen molar-refractivity contribution in [1.82, 2.24) is 19.9 Å². The molecule has 106 valence electrons. The van der Waals surface area contributed by atoms with E-state index in [2.05, 4.69) is 42.2 Å². The van der Waals surface area contributed by atoms with Gasteiger partial charge in [0.15, 0.2) is 0 Å². The van der Waals surface area contributed by atoms with Crippen molar-refractivity contribution < 1.29 is 4.74 Å². The van der Waals surface area contributed by atoms with Crippen LogP contribution in [0.2, 0.25) is 0 Å². The number of hydrogen-bond donors (Lipinski definition) is 0. The summed E-state index contributed by atoms with van der Waals surface area (Å²) in [6.45, 7) is 11.5. The van der Waals surface area contributed by atoms with Gasteiger partial charge in [-0.2, -0.15) is 0 Å². The molecule has 3 rings (SSSR count). The highest BCUT2D eigenvalue weighted by Crippen LogP contribution is 2.30. The molecule has 0 atom stereocenters. The molecule has 19 heavy (non-hydrogen) atoms. The number of hydrogen-bond acceptors (Lipinski definition) is 4. The molecule has 0 aromatic carbocycles. The van der Waals surface area contributed by atoms with Gasteiger partial charge in [0.05, 0.1) is 31.0 Å². The summed E-state index contributed by atoms with van der Waals surface area (Å²) in [7, 11) is 0. The zero-order chi connectivity index (χ0) is 13.5. The topological polar surface area (TPSA) is 43.2 Å². The minimum atomic E-state index is 0.0647. The van der Waals surface area contributed by atoms with Gasteiger partial charge in [-0.05, 0) is 25.9 Å². The van der Waals surface area contributed by atoms with Crippen molar-refractivity contribution in [2.45, 2.75) is 51.1 Å². The molecular formula is C14H24N4O. The van der Waals surface area contributed by atoms with Gasteiger partial charge in [0.1, 0.15) is 0 Å². The van der Waals surface area contributed by atoms with Crippen molar-refractivity contribution in [1.29, 1.82) is 0 Å². The van der Waals surface area contributed by atoms with Crippen LogP contribution in [0.3, 0.4) is 0 Å². The van der Waals surface area contributed by atoms with E-state index in [-0.39, 0.29) is 11.0 Å². The lowest BCUT2D eigenvalue weighted by Crippen LogP contribution is -2.63. The van der Waals surface area contributed by atoms with Crippen LogP contribution in [0.4, 0.5) is 0 Å². The SMILES string of the molecule is CC(C)(C)c1cn(CC2(N3CCCC3)COC2)nn1. The molecule has 2 fully saturated rings. The molecule has 5 nitrogen and oxygen atoms in total. The first-order valence-electron chi connectivity index (χ1n) is 7.23. The fraction of sp³-hybridized carbons (Fsp3) is 0.857. The first-order valence-corrected chi connectivity index (χ1v) is 7.23. The smallest absolute Gasteiger partial charge is 0.0880 e. The molecule has 0 saturated carbocycles. The summed E-state index contributed by atoms with van der Waals surface area (Å²) in [5, 5.41) is 8.62. The number of aromatic nitrogens is 3. The van der Waals surface area contributed by atoms with Crippen LogP contribution in [-0.4, -0.2) is 51.7 Å². The summed E-state index contributed by atoms with van der Waals surface area (Å²) in [6, 6.07) is 0. The second kappa shape index (κ2) is 4.56. The highest BCUT2D eigenvalue weighted by atomic mass is 16.5. The van der Waals surface area contributed by atoms with E-state index in [0.717, 1.165) is 25.5 Å². The average Bonchev–Trinajstić information content (AvgIpc) is 2.93. The van der Waals surface area contributed by atoms with Crippen LogP contribution in [0.25, 0.3) is 0 Å². The number of rotatable bonds is 3. The Balaban J connectivity index is 1.74. The van der Waals surface area contributed by atoms with Crippen molar-refractivity contribution in [2.24, 2.45) is 0 Å². The molecule has 0 unspecified atom stereocenters. The third kappa shape index (κ3) is 2.41. The summed E-state index contributed by atoms with van der Waals surface area (Å²) in [6.07, 6.45) is 4.72. The van der Waals surface area contributed by atoms with E-state index >= 15 is 0 Å². The molecule has 2 aliphatic rings. The van der Waals surface area contributed by atoms with Crippen LogP contribution in [0.5, 0.6) is 0 Å². The Bertz CT molecular complexity index is 439. The molecule has 0 spiro atoms. The van der Waals surface area contributed by atoms with Crippen molar-refractivity contribution >= 4 is 0 Å². The average molecular weight is 264 g/mol. The maximum absolute atomic E-state index is 5.49. The van der Waals surface area contributed by atoms with Crippen molar-refractivity contribution in [3.63, 3.8) is 0 Å². The molecule has 3 heterocycles. The third-order valence-electron chi connectivity index (χ3n) is 4.28. The maximum atomic E-state index is 5.49. The fourth-order valence-electron chi connectivity index (χ4n) is 2.92. The predicted octanol–water partition coefficient (Wildman–Crippen LogP) is 1.44. The zero-order valence-electron chi connectivity index (χ0n) is 12.2. The van der Waals surface area contributed by atoms with Gasteiger partial charge in [-0.3, -0.25) is 9.58 Å². The monoisotopic (exact) mass is 264 g/mol. The minimum Gasteiger partial charge on any atom is -0.377 e. The van der Waals surface area contributed by atoms with Crippen LogP contribution >= 0.6 is 0 Å². The second-order valence-corrected chi connectivity index (χ2v) is 6.96. The van der Waals surface area contributed by atoms with Crippen molar-refractivity contribution in [3.8, 4) is 0 Å². The van der Waals surface area contributed by atoms with Gasteiger partial charge in [0, 0.05) is 11.6 Å². The first kappa shape index (κ1) is 13.1. The van der Waals surface area contributed by atoms with E-state index in [1.54, 1.807) is 0 Å². The summed E-state index contributed by atoms with van der Waals surface area (Å²) >= 11 is 0. The van der Waals surface area contributed by atoms with E-state index in [1.807, 2.05) is 4.68 Å². The highest BCUT2D eigenvalue weighted by molar-refractivity contribution is 5.07. The molecule has 1 aromatic heterocycles. The maximum Gasteiger partial charge on any atom is 0.0880 e. The van der Waals surface area contributed by atoms with Gasteiger partial charge >= 0.3 is 0 Å². The predicted molar refractivity (Wildman–Crippen MR) is 73.1 cm³/mol. The Morgan fingerprint density at radius 2 is 1.95 bits per heavy atom. The normalized spacial score (nSPS) is 23.5. The summed E-state index contributed by atoms with van der Waals surface area (Å²) in [5.41, 5.74) is 1.29. The van der Waals surface area contributed by atoms with E-state index in [1.165, 1.54) is 25.9 Å². The van der Waals surface area contributed by atoms with Crippen LogP contribution < -0.4 is 0 Å². The van der Waals surface area contributed by atoms with Crippen LogP contribution in [0.15, 0.2) is 6.20 Å². The fourth-order valence-corrected chi connectivity index (χ4v) is 2.92. The second-order valence-electron chi connectivity index (χ2n) is 6.96. The zero-order valence-corrected chi connectivity index (χ0v) is 12.2. The molecule has 0 radical (unpaired) electrons. The van der Waals surface area contributed by atoms with Crippen molar-refractivity contribution in [3.05, 3.63) is 11.9 Å². The molecule has 2 aliphatic heterocycles. The lowest BCUT2D eigenvalue weighted by atomic mass is 9.92. The summed E-state index contributed by atoms with van der Waals surface area (Å²) < 4.78 is 7.50. The molecular weight excluding hydrogens is 240 g/mol. The number of nitrogens with zero attached hydrogens (tertiary/aromatic N) is 4. The Labute approximate surface area is 114 Å². The number of ether oxygens (including phenoxy) is 1. The molecule has 2 saturated heterocycles. The van der Waals surface area contributed by atoms with Crippen molar-refractivity contribution in [2.75, 3.05) is 26.3 Å². The Hall–Kier alpha value is -0.940. The molecule has 1 aromatic rings. The highest BCUT2D eigenvalue weighted by Gasteiger charge is 2.45. The van der Waals surface area contributed by atoms with Crippen LogP contribution in [0.1, 0.15) is 39.3 Å². The largest absolute Gasteiger partial charge is 0.377 e. The lowest BCUT2D eigenvalue weighted by molar-refractivity contribution is -0.143. The summed E-state index contributed by atoms with van der Waals surface area (Å²) in [5.74, 6) is 0. The van der Waals surface area contributed by atoms with E-state index in [4.69, 9.17) is 4.74 Å². The van der Waals surface area contributed by atoms with Gasteiger partial charge in [0.2, 0.25) is 0 Å². The standard InChI is InChI=1S/C14H24N4O/c1-13(2,3)12-8-18(16-15-12)9-14(10-19-11-14)17-6-4-5-7-17/h8H,4-7,9-11H2,1-3H3. The summed E-state index contributed by atoms with van der Waals surface area (Å²) in [4.78, 5) is 2.58. The molecule has 0 amide bonds. The van der Waals surface area contributed by atoms with E-state index < -0.39 is 0 Å². The van der Waals surface area contributed by atoms with Gasteiger partial charge in [-0.1, -0.05) is 26.0 Å². The number of likely N-dealkylation sites (tertiary alicyclic amines) is 1. The Morgan fingerprint density at radius 3 is 2.42 bits per heavy atom. The third-order valence-corrected chi connectivity index (χ3v) is 4.28. The molecule has 0 N–H and O–H groups in total. The molecule has 5 heteroatoms. The molecule has 0 aliphatic carbocycles. The van der Waals surface area contributed by atoms with Gasteiger partial charge < -0.3 is 4.74 Å². The molecule has 0 bridgehead atoms. The van der Waals surface area contributed by atoms with Crippen LogP contribution in [0, 0.1) is 0 Å². The first-order chi connectivity index (χ1) is 9.00. The van der Waals surface area contributed by atoms with Gasteiger partial charge in [-0.15, -0.1) is 5.10 Å². The van der Waals surface area contributed by atoms with Gasteiger partial charge in [-0.25, -0.2) is 0 Å².